The molecule has 0 radical (unpaired) electrons. The smallest absolute Gasteiger partial charge is 0.310 e. The lowest BCUT2D eigenvalue weighted by Crippen LogP contribution is -2.39. The number of aromatic nitrogens is 2. The molecule has 0 aromatic carbocycles. The standard InChI is InChI=1S/C16H25ClN2O2/c1-4-11-7-6-8-16(9-11,15(20)21)10-13-14(17)12(5-2)18-19(13)3/h11H,4-10H2,1-3H3,(H,20,21). The van der Waals surface area contributed by atoms with Crippen molar-refractivity contribution in [2.45, 2.75) is 58.8 Å². The van der Waals surface area contributed by atoms with Gasteiger partial charge in [0.05, 0.1) is 21.8 Å². The minimum Gasteiger partial charge on any atom is -0.481 e. The van der Waals surface area contributed by atoms with Crippen molar-refractivity contribution >= 4 is 17.6 Å². The molecule has 1 saturated carbocycles. The van der Waals surface area contributed by atoms with E-state index in [1.165, 1.54) is 0 Å². The molecule has 1 fully saturated rings. The minimum atomic E-state index is -0.684. The molecule has 5 heteroatoms. The highest BCUT2D eigenvalue weighted by Gasteiger charge is 2.43. The number of carboxylic acid groups (broad SMARTS) is 1. The van der Waals surface area contributed by atoms with Crippen LogP contribution >= 0.6 is 11.6 Å². The molecule has 1 aromatic heterocycles. The summed E-state index contributed by atoms with van der Waals surface area (Å²) in [5.74, 6) is -0.177. The highest BCUT2D eigenvalue weighted by Crippen LogP contribution is 2.44. The van der Waals surface area contributed by atoms with Crippen molar-refractivity contribution < 1.29 is 9.90 Å². The monoisotopic (exact) mass is 312 g/mol. The van der Waals surface area contributed by atoms with Gasteiger partial charge in [-0.1, -0.05) is 44.7 Å². The average Bonchev–Trinajstić information content (AvgIpc) is 2.74. The number of aryl methyl sites for hydroxylation is 2. The van der Waals surface area contributed by atoms with Crippen molar-refractivity contribution in [3.05, 3.63) is 16.4 Å². The van der Waals surface area contributed by atoms with E-state index in [4.69, 9.17) is 11.6 Å². The Morgan fingerprint density at radius 2 is 2.24 bits per heavy atom. The number of aliphatic carboxylic acids is 1. The summed E-state index contributed by atoms with van der Waals surface area (Å²) in [6.45, 7) is 4.16. The van der Waals surface area contributed by atoms with Crippen LogP contribution in [0.5, 0.6) is 0 Å². The molecular formula is C16H25ClN2O2. The summed E-state index contributed by atoms with van der Waals surface area (Å²) in [6.07, 6.45) is 5.93. The summed E-state index contributed by atoms with van der Waals surface area (Å²) in [5, 5.41) is 14.9. The maximum atomic E-state index is 12.0. The van der Waals surface area contributed by atoms with Crippen LogP contribution < -0.4 is 0 Å². The Hall–Kier alpha value is -1.03. The predicted octanol–water partition coefficient (Wildman–Crippen LogP) is 3.85. The van der Waals surface area contributed by atoms with E-state index >= 15 is 0 Å². The van der Waals surface area contributed by atoms with Gasteiger partial charge in [0.1, 0.15) is 0 Å². The fourth-order valence-corrected chi connectivity index (χ4v) is 3.96. The molecule has 2 atom stereocenters. The summed E-state index contributed by atoms with van der Waals surface area (Å²) < 4.78 is 1.77. The van der Waals surface area contributed by atoms with Crippen molar-refractivity contribution in [2.24, 2.45) is 18.4 Å². The molecule has 21 heavy (non-hydrogen) atoms. The highest BCUT2D eigenvalue weighted by molar-refractivity contribution is 6.31. The van der Waals surface area contributed by atoms with E-state index in [0.29, 0.717) is 17.4 Å². The third-order valence-corrected chi connectivity index (χ3v) is 5.42. The number of rotatable bonds is 5. The highest BCUT2D eigenvalue weighted by atomic mass is 35.5. The van der Waals surface area contributed by atoms with Gasteiger partial charge in [-0.05, 0) is 25.2 Å². The largest absolute Gasteiger partial charge is 0.481 e. The fraction of sp³-hybridized carbons (Fsp3) is 0.750. The number of carboxylic acids is 1. The lowest BCUT2D eigenvalue weighted by atomic mass is 9.66. The topological polar surface area (TPSA) is 55.1 Å². The van der Waals surface area contributed by atoms with Gasteiger partial charge >= 0.3 is 5.97 Å². The molecular weight excluding hydrogens is 288 g/mol. The van der Waals surface area contributed by atoms with E-state index in [2.05, 4.69) is 12.0 Å². The molecule has 1 aromatic rings. The zero-order valence-electron chi connectivity index (χ0n) is 13.2. The third-order valence-electron chi connectivity index (χ3n) is 4.99. The molecule has 2 unspecified atom stereocenters. The maximum Gasteiger partial charge on any atom is 0.310 e. The second-order valence-electron chi connectivity index (χ2n) is 6.32. The summed E-state index contributed by atoms with van der Waals surface area (Å²) >= 11 is 6.41. The molecule has 1 heterocycles. The molecule has 0 amide bonds. The molecule has 1 aliphatic carbocycles. The van der Waals surface area contributed by atoms with Crippen molar-refractivity contribution in [2.75, 3.05) is 0 Å². The number of hydrogen-bond donors (Lipinski definition) is 1. The molecule has 0 bridgehead atoms. The van der Waals surface area contributed by atoms with E-state index in [9.17, 15) is 9.90 Å². The Morgan fingerprint density at radius 1 is 1.52 bits per heavy atom. The number of hydrogen-bond acceptors (Lipinski definition) is 2. The molecule has 0 spiro atoms. The van der Waals surface area contributed by atoms with Crippen molar-refractivity contribution in [1.29, 1.82) is 0 Å². The molecule has 4 nitrogen and oxygen atoms in total. The van der Waals surface area contributed by atoms with Gasteiger partial charge in [0, 0.05) is 13.5 Å². The van der Waals surface area contributed by atoms with Gasteiger partial charge in [-0.3, -0.25) is 9.48 Å². The SMILES string of the molecule is CCc1nn(C)c(CC2(C(=O)O)CCCC(CC)C2)c1Cl. The zero-order valence-corrected chi connectivity index (χ0v) is 13.9. The first-order valence-electron chi connectivity index (χ1n) is 7.87. The zero-order chi connectivity index (χ0) is 15.6. The van der Waals surface area contributed by atoms with Crippen molar-refractivity contribution in [3.63, 3.8) is 0 Å². The van der Waals surface area contributed by atoms with Crippen LogP contribution in [0.25, 0.3) is 0 Å². The molecule has 1 aliphatic rings. The first kappa shape index (κ1) is 16.3. The summed E-state index contributed by atoms with van der Waals surface area (Å²) in [4.78, 5) is 12.0. The van der Waals surface area contributed by atoms with E-state index in [1.807, 2.05) is 14.0 Å². The Kier molecular flexibility index (Phi) is 4.97. The van der Waals surface area contributed by atoms with E-state index in [1.54, 1.807) is 4.68 Å². The number of nitrogens with zero attached hydrogens (tertiary/aromatic N) is 2. The molecule has 0 aliphatic heterocycles. The molecule has 0 saturated heterocycles. The van der Waals surface area contributed by atoms with Crippen LogP contribution in [0.3, 0.4) is 0 Å². The summed E-state index contributed by atoms with van der Waals surface area (Å²) in [7, 11) is 1.86. The van der Waals surface area contributed by atoms with Gasteiger partial charge in [-0.25, -0.2) is 0 Å². The Bertz CT molecular complexity index is 527. The van der Waals surface area contributed by atoms with E-state index in [-0.39, 0.29) is 0 Å². The minimum absolute atomic E-state index is 0.487. The van der Waals surface area contributed by atoms with Crippen LogP contribution in [0, 0.1) is 11.3 Å². The fourth-order valence-electron chi connectivity index (χ4n) is 3.60. The van der Waals surface area contributed by atoms with Crippen molar-refractivity contribution in [1.82, 2.24) is 9.78 Å². The lowest BCUT2D eigenvalue weighted by Gasteiger charge is -2.37. The van der Waals surface area contributed by atoms with Crippen molar-refractivity contribution in [3.8, 4) is 0 Å². The van der Waals surface area contributed by atoms with Crippen LogP contribution in [0.1, 0.15) is 57.3 Å². The van der Waals surface area contributed by atoms with E-state index in [0.717, 1.165) is 49.9 Å². The maximum absolute atomic E-state index is 12.0. The summed E-state index contributed by atoms with van der Waals surface area (Å²) in [6, 6.07) is 0. The normalized spacial score (nSPS) is 26.0. The predicted molar refractivity (Wildman–Crippen MR) is 83.6 cm³/mol. The van der Waals surface area contributed by atoms with Crippen LogP contribution in [-0.2, 0) is 24.7 Å². The number of halogens is 1. The van der Waals surface area contributed by atoms with Crippen LogP contribution in [-0.4, -0.2) is 20.9 Å². The second-order valence-corrected chi connectivity index (χ2v) is 6.70. The van der Waals surface area contributed by atoms with Gasteiger partial charge in [0.25, 0.3) is 0 Å². The Morgan fingerprint density at radius 3 is 2.76 bits per heavy atom. The second kappa shape index (κ2) is 6.39. The average molecular weight is 313 g/mol. The molecule has 118 valence electrons. The van der Waals surface area contributed by atoms with Gasteiger partial charge < -0.3 is 5.11 Å². The van der Waals surface area contributed by atoms with Gasteiger partial charge in [-0.15, -0.1) is 0 Å². The Labute approximate surface area is 131 Å². The third kappa shape index (κ3) is 3.10. The Balaban J connectivity index is 2.33. The quantitative estimate of drug-likeness (QED) is 0.898. The van der Waals surface area contributed by atoms with Crippen LogP contribution in [0.2, 0.25) is 5.02 Å². The first-order valence-corrected chi connectivity index (χ1v) is 8.25. The molecule has 1 N–H and O–H groups in total. The van der Waals surface area contributed by atoms with E-state index < -0.39 is 11.4 Å². The molecule has 2 rings (SSSR count). The van der Waals surface area contributed by atoms with Gasteiger partial charge in [0.15, 0.2) is 0 Å². The lowest BCUT2D eigenvalue weighted by molar-refractivity contribution is -0.152. The van der Waals surface area contributed by atoms with Gasteiger partial charge in [-0.2, -0.15) is 5.10 Å². The number of carbonyl (C=O) groups is 1. The van der Waals surface area contributed by atoms with Crippen LogP contribution in [0.4, 0.5) is 0 Å². The van der Waals surface area contributed by atoms with Gasteiger partial charge in [0.2, 0.25) is 0 Å². The summed E-state index contributed by atoms with van der Waals surface area (Å²) in [5.41, 5.74) is 1.05. The van der Waals surface area contributed by atoms with Crippen LogP contribution in [0.15, 0.2) is 0 Å². The first-order chi connectivity index (χ1) is 9.93.